The molecular weight excluding hydrogens is 289 g/mol. The van der Waals surface area contributed by atoms with Crippen LogP contribution in [-0.2, 0) is 9.53 Å². The van der Waals surface area contributed by atoms with Gasteiger partial charge in [0.2, 0.25) is 0 Å². The number of ether oxygens (including phenoxy) is 1. The Labute approximate surface area is 121 Å². The third kappa shape index (κ3) is 3.61. The molecule has 0 saturated carbocycles. The van der Waals surface area contributed by atoms with Crippen LogP contribution in [0, 0.1) is 0 Å². The Balaban J connectivity index is 1.90. The predicted molar refractivity (Wildman–Crippen MR) is 72.6 cm³/mol. The van der Waals surface area contributed by atoms with E-state index in [0.29, 0.717) is 5.02 Å². The molecular formula is C13H13Cl2NO3. The second kappa shape index (κ2) is 6.26. The van der Waals surface area contributed by atoms with Crippen LogP contribution >= 0.6 is 23.2 Å². The molecule has 1 fully saturated rings. The lowest BCUT2D eigenvalue weighted by Gasteiger charge is -2.14. The lowest BCUT2D eigenvalue weighted by atomic mass is 10.2. The monoisotopic (exact) mass is 301 g/mol. The maximum Gasteiger partial charge on any atom is 0.338 e. The minimum atomic E-state index is -0.578. The average Bonchev–Trinajstić information content (AvgIpc) is 2.92. The highest BCUT2D eigenvalue weighted by Gasteiger charge is 2.19. The minimum Gasteiger partial charge on any atom is -0.452 e. The fraction of sp³-hybridized carbons (Fsp3) is 0.385. The first-order chi connectivity index (χ1) is 9.08. The number of esters is 1. The highest BCUT2D eigenvalue weighted by molar-refractivity contribution is 6.42. The zero-order valence-corrected chi connectivity index (χ0v) is 11.7. The van der Waals surface area contributed by atoms with Crippen molar-refractivity contribution < 1.29 is 14.3 Å². The van der Waals surface area contributed by atoms with Crippen LogP contribution in [0.5, 0.6) is 0 Å². The standard InChI is InChI=1S/C13H13Cl2NO3/c14-10-4-3-9(7-11(10)15)13(18)19-8-12(17)16-5-1-2-6-16/h3-4,7H,1-2,5-6,8H2. The number of carbonyl (C=O) groups excluding carboxylic acids is 2. The van der Waals surface area contributed by atoms with Crippen molar-refractivity contribution in [1.82, 2.24) is 4.90 Å². The predicted octanol–water partition coefficient (Wildman–Crippen LogP) is 2.77. The summed E-state index contributed by atoms with van der Waals surface area (Å²) in [5.41, 5.74) is 0.281. The van der Waals surface area contributed by atoms with Crippen molar-refractivity contribution in [2.75, 3.05) is 19.7 Å². The first-order valence-electron chi connectivity index (χ1n) is 5.98. The first-order valence-corrected chi connectivity index (χ1v) is 6.73. The number of likely N-dealkylation sites (tertiary alicyclic amines) is 1. The topological polar surface area (TPSA) is 46.6 Å². The number of carbonyl (C=O) groups is 2. The molecule has 2 rings (SSSR count). The molecule has 1 aromatic rings. The number of nitrogens with zero attached hydrogens (tertiary/aromatic N) is 1. The maximum atomic E-state index is 11.7. The van der Waals surface area contributed by atoms with E-state index < -0.39 is 5.97 Å². The molecule has 6 heteroatoms. The fourth-order valence-corrected chi connectivity index (χ4v) is 2.19. The summed E-state index contributed by atoms with van der Waals surface area (Å²) in [7, 11) is 0. The third-order valence-corrected chi connectivity index (χ3v) is 3.68. The summed E-state index contributed by atoms with van der Waals surface area (Å²) >= 11 is 11.6. The Bertz CT molecular complexity index is 499. The molecule has 0 bridgehead atoms. The Morgan fingerprint density at radius 1 is 1.16 bits per heavy atom. The van der Waals surface area contributed by atoms with E-state index in [1.807, 2.05) is 0 Å². The molecule has 1 amide bonds. The number of halogens is 2. The molecule has 1 saturated heterocycles. The summed E-state index contributed by atoms with van der Waals surface area (Å²) in [6.45, 7) is 1.24. The zero-order chi connectivity index (χ0) is 13.8. The Morgan fingerprint density at radius 2 is 1.84 bits per heavy atom. The third-order valence-electron chi connectivity index (χ3n) is 2.94. The Kier molecular flexibility index (Phi) is 4.66. The van der Waals surface area contributed by atoms with Gasteiger partial charge in [0.25, 0.3) is 5.91 Å². The van der Waals surface area contributed by atoms with Crippen molar-refractivity contribution in [3.63, 3.8) is 0 Å². The number of benzene rings is 1. The second-order valence-electron chi connectivity index (χ2n) is 4.29. The van der Waals surface area contributed by atoms with Crippen molar-refractivity contribution in [2.24, 2.45) is 0 Å². The van der Waals surface area contributed by atoms with Gasteiger partial charge < -0.3 is 9.64 Å². The normalized spacial score (nSPS) is 14.5. The molecule has 4 nitrogen and oxygen atoms in total. The molecule has 0 atom stereocenters. The molecule has 0 aromatic heterocycles. The van der Waals surface area contributed by atoms with E-state index in [-0.39, 0.29) is 23.1 Å². The average molecular weight is 302 g/mol. The maximum absolute atomic E-state index is 11.7. The van der Waals surface area contributed by atoms with Gasteiger partial charge in [-0.3, -0.25) is 4.79 Å². The van der Waals surface area contributed by atoms with Gasteiger partial charge in [-0.1, -0.05) is 23.2 Å². The highest BCUT2D eigenvalue weighted by Crippen LogP contribution is 2.22. The van der Waals surface area contributed by atoms with E-state index in [2.05, 4.69) is 0 Å². The van der Waals surface area contributed by atoms with Gasteiger partial charge in [0.05, 0.1) is 15.6 Å². The molecule has 0 unspecified atom stereocenters. The number of rotatable bonds is 3. The van der Waals surface area contributed by atoms with Crippen LogP contribution in [0.15, 0.2) is 18.2 Å². The highest BCUT2D eigenvalue weighted by atomic mass is 35.5. The Hall–Kier alpha value is -1.26. The van der Waals surface area contributed by atoms with E-state index in [0.717, 1.165) is 25.9 Å². The number of hydrogen-bond donors (Lipinski definition) is 0. The van der Waals surface area contributed by atoms with Crippen molar-refractivity contribution in [3.05, 3.63) is 33.8 Å². The van der Waals surface area contributed by atoms with Crippen molar-refractivity contribution in [2.45, 2.75) is 12.8 Å². The van der Waals surface area contributed by atoms with E-state index >= 15 is 0 Å². The van der Waals surface area contributed by atoms with Gasteiger partial charge in [0, 0.05) is 13.1 Å². The molecule has 0 radical (unpaired) electrons. The van der Waals surface area contributed by atoms with Crippen LogP contribution in [0.4, 0.5) is 0 Å². The molecule has 1 aromatic carbocycles. The number of hydrogen-bond acceptors (Lipinski definition) is 3. The summed E-state index contributed by atoms with van der Waals surface area (Å²) < 4.78 is 4.97. The quantitative estimate of drug-likeness (QED) is 0.807. The van der Waals surface area contributed by atoms with Gasteiger partial charge in [0.15, 0.2) is 6.61 Å². The minimum absolute atomic E-state index is 0.161. The Morgan fingerprint density at radius 3 is 2.47 bits per heavy atom. The van der Waals surface area contributed by atoms with Crippen molar-refractivity contribution in [3.8, 4) is 0 Å². The second-order valence-corrected chi connectivity index (χ2v) is 5.11. The lowest BCUT2D eigenvalue weighted by Crippen LogP contribution is -2.32. The van der Waals surface area contributed by atoms with Gasteiger partial charge in [-0.25, -0.2) is 4.79 Å². The summed E-state index contributed by atoms with van der Waals surface area (Å²) in [4.78, 5) is 25.1. The largest absolute Gasteiger partial charge is 0.452 e. The van der Waals surface area contributed by atoms with Crippen LogP contribution in [0.2, 0.25) is 10.0 Å². The van der Waals surface area contributed by atoms with Gasteiger partial charge >= 0.3 is 5.97 Å². The molecule has 0 spiro atoms. The van der Waals surface area contributed by atoms with Crippen molar-refractivity contribution in [1.29, 1.82) is 0 Å². The van der Waals surface area contributed by atoms with E-state index in [1.165, 1.54) is 18.2 Å². The van der Waals surface area contributed by atoms with E-state index in [4.69, 9.17) is 27.9 Å². The summed E-state index contributed by atoms with van der Waals surface area (Å²) in [5, 5.41) is 0.647. The summed E-state index contributed by atoms with van der Waals surface area (Å²) in [5.74, 6) is -0.739. The molecule has 1 aliphatic rings. The number of amides is 1. The zero-order valence-electron chi connectivity index (χ0n) is 10.2. The van der Waals surface area contributed by atoms with Crippen LogP contribution in [0.1, 0.15) is 23.2 Å². The molecule has 0 aliphatic carbocycles. The molecule has 1 heterocycles. The molecule has 0 N–H and O–H groups in total. The van der Waals surface area contributed by atoms with Crippen LogP contribution in [0.3, 0.4) is 0 Å². The van der Waals surface area contributed by atoms with Gasteiger partial charge in [-0.15, -0.1) is 0 Å². The molecule has 19 heavy (non-hydrogen) atoms. The molecule has 1 aliphatic heterocycles. The van der Waals surface area contributed by atoms with E-state index in [1.54, 1.807) is 4.90 Å². The van der Waals surface area contributed by atoms with Crippen LogP contribution < -0.4 is 0 Å². The van der Waals surface area contributed by atoms with Crippen LogP contribution in [-0.4, -0.2) is 36.5 Å². The van der Waals surface area contributed by atoms with Crippen LogP contribution in [0.25, 0.3) is 0 Å². The lowest BCUT2D eigenvalue weighted by molar-refractivity contribution is -0.133. The van der Waals surface area contributed by atoms with Crippen molar-refractivity contribution >= 4 is 35.1 Å². The van der Waals surface area contributed by atoms with Gasteiger partial charge in [-0.2, -0.15) is 0 Å². The van der Waals surface area contributed by atoms with Gasteiger partial charge in [0.1, 0.15) is 0 Å². The SMILES string of the molecule is O=C(OCC(=O)N1CCCC1)c1ccc(Cl)c(Cl)c1. The summed E-state index contributed by atoms with van der Waals surface area (Å²) in [6, 6.07) is 4.45. The summed E-state index contributed by atoms with van der Waals surface area (Å²) in [6.07, 6.45) is 2.01. The smallest absolute Gasteiger partial charge is 0.338 e. The van der Waals surface area contributed by atoms with Gasteiger partial charge in [-0.05, 0) is 31.0 Å². The first kappa shape index (κ1) is 14.2. The molecule has 102 valence electrons. The fourth-order valence-electron chi connectivity index (χ4n) is 1.89. The van der Waals surface area contributed by atoms with E-state index in [9.17, 15) is 9.59 Å².